The van der Waals surface area contributed by atoms with Gasteiger partial charge in [-0.25, -0.2) is 0 Å². The lowest BCUT2D eigenvalue weighted by Crippen LogP contribution is -2.28. The quantitative estimate of drug-likeness (QED) is 0.149. The van der Waals surface area contributed by atoms with Gasteiger partial charge in [0.2, 0.25) is 0 Å². The van der Waals surface area contributed by atoms with E-state index in [9.17, 15) is 0 Å². The van der Waals surface area contributed by atoms with Gasteiger partial charge in [0.1, 0.15) is 0 Å². The van der Waals surface area contributed by atoms with Gasteiger partial charge in [0.15, 0.2) is 0 Å². The van der Waals surface area contributed by atoms with Gasteiger partial charge in [0.05, 0.1) is 11.1 Å². The smallest absolute Gasteiger partial charge is 0.0714 e. The van der Waals surface area contributed by atoms with Crippen LogP contribution >= 0.6 is 0 Å². The Morgan fingerprint density at radius 3 is 1.55 bits per heavy atom. The van der Waals surface area contributed by atoms with E-state index in [1.165, 1.54) is 96.4 Å². The van der Waals surface area contributed by atoms with Gasteiger partial charge in [-0.1, -0.05) is 188 Å². The van der Waals surface area contributed by atoms with Crippen LogP contribution in [0.3, 0.4) is 0 Å². The minimum absolute atomic E-state index is 0.542. The molecule has 0 saturated carbocycles. The van der Waals surface area contributed by atoms with E-state index in [1.807, 2.05) is 0 Å². The average Bonchev–Trinajstić information content (AvgIpc) is 3.62. The van der Waals surface area contributed by atoms with Crippen molar-refractivity contribution >= 4 is 17.1 Å². The zero-order chi connectivity index (χ0) is 39.9. The summed E-state index contributed by atoms with van der Waals surface area (Å²) >= 11 is 0. The monoisotopic (exact) mass is 767 g/mol. The molecule has 1 heteroatoms. The summed E-state index contributed by atoms with van der Waals surface area (Å²) in [6.07, 6.45) is 4.58. The summed E-state index contributed by atoms with van der Waals surface area (Å²) in [4.78, 5) is 2.52. The fourth-order valence-electron chi connectivity index (χ4n) is 10.3. The molecule has 0 aliphatic heterocycles. The highest BCUT2D eigenvalue weighted by Crippen LogP contribution is 2.59. The molecule has 60 heavy (non-hydrogen) atoms. The third kappa shape index (κ3) is 5.92. The van der Waals surface area contributed by atoms with Crippen LogP contribution in [0.15, 0.2) is 224 Å². The van der Waals surface area contributed by atoms with Crippen molar-refractivity contribution in [3.8, 4) is 44.5 Å². The Hall–Kier alpha value is -7.22. The average molecular weight is 768 g/mol. The molecule has 0 spiro atoms. The Labute approximate surface area is 353 Å². The van der Waals surface area contributed by atoms with Crippen LogP contribution in [-0.4, -0.2) is 0 Å². The maximum atomic E-state index is 2.57. The highest BCUT2D eigenvalue weighted by atomic mass is 15.1. The summed E-state index contributed by atoms with van der Waals surface area (Å²) in [7, 11) is 0. The number of rotatable bonds is 8. The number of benzene rings is 9. The van der Waals surface area contributed by atoms with Crippen LogP contribution in [-0.2, 0) is 18.3 Å². The molecule has 0 radical (unpaired) electrons. The third-order valence-electron chi connectivity index (χ3n) is 12.9. The molecule has 0 bridgehead atoms. The number of fused-ring (bicyclic) bond motifs is 4. The van der Waals surface area contributed by atoms with E-state index >= 15 is 0 Å². The van der Waals surface area contributed by atoms with Crippen molar-refractivity contribution < 1.29 is 0 Å². The Bertz CT molecular complexity index is 2900. The lowest BCUT2D eigenvalue weighted by atomic mass is 9.67. The summed E-state index contributed by atoms with van der Waals surface area (Å²) in [5.74, 6) is 0. The van der Waals surface area contributed by atoms with Crippen LogP contribution in [0, 0.1) is 0 Å². The Kier molecular flexibility index (Phi) is 9.09. The van der Waals surface area contributed by atoms with E-state index in [0.717, 1.165) is 24.2 Å². The van der Waals surface area contributed by atoms with Crippen molar-refractivity contribution in [2.75, 3.05) is 4.90 Å². The normalized spacial score (nSPS) is 13.5. The van der Waals surface area contributed by atoms with Gasteiger partial charge in [-0.05, 0) is 134 Å². The van der Waals surface area contributed by atoms with Gasteiger partial charge >= 0.3 is 0 Å². The maximum absolute atomic E-state index is 2.57. The molecule has 2 aliphatic carbocycles. The van der Waals surface area contributed by atoms with Gasteiger partial charge in [0.25, 0.3) is 0 Å². The molecule has 9 aromatic carbocycles. The first-order valence-corrected chi connectivity index (χ1v) is 21.4. The third-order valence-corrected chi connectivity index (χ3v) is 12.9. The molecule has 0 heterocycles. The molecule has 9 aromatic rings. The van der Waals surface area contributed by atoms with Gasteiger partial charge < -0.3 is 4.90 Å². The second kappa shape index (κ2) is 15.2. The second-order valence-electron chi connectivity index (χ2n) is 16.2. The Morgan fingerprint density at radius 2 is 0.883 bits per heavy atom. The van der Waals surface area contributed by atoms with Crippen LogP contribution in [0.25, 0.3) is 44.5 Å². The zero-order valence-corrected chi connectivity index (χ0v) is 33.6. The fourth-order valence-corrected chi connectivity index (χ4v) is 10.3. The van der Waals surface area contributed by atoms with Crippen LogP contribution in [0.2, 0.25) is 0 Å². The number of hydrogen-bond acceptors (Lipinski definition) is 1. The van der Waals surface area contributed by atoms with Gasteiger partial charge in [-0.2, -0.15) is 0 Å². The van der Waals surface area contributed by atoms with Crippen LogP contribution in [0.4, 0.5) is 17.1 Å². The molecule has 0 unspecified atom stereocenters. The Morgan fingerprint density at radius 1 is 0.350 bits per heavy atom. The van der Waals surface area contributed by atoms with Gasteiger partial charge in [0, 0.05) is 16.9 Å². The van der Waals surface area contributed by atoms with Crippen molar-refractivity contribution in [1.29, 1.82) is 0 Å². The predicted molar refractivity (Wildman–Crippen MR) is 251 cm³/mol. The summed E-state index contributed by atoms with van der Waals surface area (Å²) < 4.78 is 0. The first-order valence-electron chi connectivity index (χ1n) is 21.4. The number of aryl methyl sites for hydroxylation is 1. The van der Waals surface area contributed by atoms with Crippen molar-refractivity contribution in [1.82, 2.24) is 0 Å². The molecule has 0 fully saturated rings. The molecule has 0 N–H and O–H groups in total. The molecular formula is C59H45N. The largest absolute Gasteiger partial charge is 0.310 e. The molecule has 0 saturated heterocycles. The van der Waals surface area contributed by atoms with Crippen molar-refractivity contribution in [3.63, 3.8) is 0 Å². The molecule has 286 valence electrons. The van der Waals surface area contributed by atoms with E-state index in [0.29, 0.717) is 0 Å². The minimum atomic E-state index is -0.542. The van der Waals surface area contributed by atoms with E-state index < -0.39 is 5.41 Å². The summed E-state index contributed by atoms with van der Waals surface area (Å²) in [6.45, 7) is 0. The van der Waals surface area contributed by atoms with Crippen molar-refractivity contribution in [2.24, 2.45) is 0 Å². The molecule has 2 aliphatic rings. The SMILES string of the molecule is c1ccc(-c2ccc(N(c3ccccc3)c3cc4c(cc3-c3c(-c5ccccc5)ccc5c3CCCC5)-c3ccccc3C4(c3ccccc3)c3ccccc3)cc2)cc1. The number of nitrogens with zero attached hydrogens (tertiary/aromatic N) is 1. The fraction of sp³-hybridized carbons (Fsp3) is 0.0847. The van der Waals surface area contributed by atoms with Crippen LogP contribution < -0.4 is 4.90 Å². The number of para-hydroxylation sites is 1. The summed E-state index contributed by atoms with van der Waals surface area (Å²) in [6, 6.07) is 83.4. The topological polar surface area (TPSA) is 3.24 Å². The van der Waals surface area contributed by atoms with Crippen molar-refractivity contribution in [3.05, 3.63) is 258 Å². The van der Waals surface area contributed by atoms with Gasteiger partial charge in [-0.15, -0.1) is 0 Å². The first-order chi connectivity index (χ1) is 29.8. The van der Waals surface area contributed by atoms with E-state index in [4.69, 9.17) is 0 Å². The molecule has 1 nitrogen and oxygen atoms in total. The number of hydrogen-bond donors (Lipinski definition) is 0. The highest BCUT2D eigenvalue weighted by Gasteiger charge is 2.47. The predicted octanol–water partition coefficient (Wildman–Crippen LogP) is 15.4. The van der Waals surface area contributed by atoms with E-state index in [2.05, 4.69) is 229 Å². The summed E-state index contributed by atoms with van der Waals surface area (Å²) in [5, 5.41) is 0. The highest BCUT2D eigenvalue weighted by molar-refractivity contribution is 6.01. The van der Waals surface area contributed by atoms with Crippen LogP contribution in [0.1, 0.15) is 46.2 Å². The minimum Gasteiger partial charge on any atom is -0.310 e. The lowest BCUT2D eigenvalue weighted by molar-refractivity contribution is 0.687. The molecule has 0 aromatic heterocycles. The summed E-state index contributed by atoms with van der Waals surface area (Å²) in [5.41, 5.74) is 21.1. The first kappa shape index (κ1) is 35.9. The second-order valence-corrected chi connectivity index (χ2v) is 16.2. The molecular weight excluding hydrogens is 723 g/mol. The van der Waals surface area contributed by atoms with Crippen LogP contribution in [0.5, 0.6) is 0 Å². The zero-order valence-electron chi connectivity index (χ0n) is 33.6. The van der Waals surface area contributed by atoms with Gasteiger partial charge in [-0.3, -0.25) is 0 Å². The lowest BCUT2D eigenvalue weighted by Gasteiger charge is -2.36. The Balaban J connectivity index is 1.28. The van der Waals surface area contributed by atoms with E-state index in [1.54, 1.807) is 0 Å². The number of anilines is 3. The molecule has 0 atom stereocenters. The molecule has 11 rings (SSSR count). The maximum Gasteiger partial charge on any atom is 0.0714 e. The molecule has 0 amide bonds. The van der Waals surface area contributed by atoms with E-state index in [-0.39, 0.29) is 0 Å². The standard InChI is InChI=1S/C59H45N/c1-6-20-42(21-7-1)43-34-37-49(38-35-43)60(48-29-14-5-15-30-48)57-41-56-53(40-54(57)58-50-31-17-16-24-45(50)36-39-51(58)44-22-8-2-9-23-44)52-32-18-19-33-55(52)59(56,46-25-10-3-11-26-46)47-27-12-4-13-28-47/h1-15,18-23,25-30,32-41H,16-17,24,31H2. The van der Waals surface area contributed by atoms with Crippen molar-refractivity contribution in [2.45, 2.75) is 31.1 Å².